The molecule has 1 saturated heterocycles. The van der Waals surface area contributed by atoms with Crippen LogP contribution in [-0.2, 0) is 9.47 Å². The Labute approximate surface area is 110 Å². The summed E-state index contributed by atoms with van der Waals surface area (Å²) in [6.45, 7) is 1.49. The van der Waals surface area contributed by atoms with Crippen molar-refractivity contribution >= 4 is 17.5 Å². The molecule has 6 nitrogen and oxygen atoms in total. The van der Waals surface area contributed by atoms with Gasteiger partial charge in [-0.05, 0) is 0 Å². The fourth-order valence-electron chi connectivity index (χ4n) is 1.74. The summed E-state index contributed by atoms with van der Waals surface area (Å²) in [5.74, 6) is -0.326. The van der Waals surface area contributed by atoms with Crippen LogP contribution in [0.2, 0.25) is 5.15 Å². The quantitative estimate of drug-likeness (QED) is 0.871. The molecule has 0 bridgehead atoms. The van der Waals surface area contributed by atoms with Crippen LogP contribution in [-0.4, -0.2) is 48.3 Å². The van der Waals surface area contributed by atoms with Crippen molar-refractivity contribution in [1.82, 2.24) is 15.3 Å². The number of methoxy groups -OCH3 is 1. The number of nitrogens with one attached hydrogen (secondary N) is 1. The van der Waals surface area contributed by atoms with Crippen molar-refractivity contribution in [2.24, 2.45) is 0 Å². The molecule has 0 radical (unpaired) electrons. The summed E-state index contributed by atoms with van der Waals surface area (Å²) in [7, 11) is 1.61. The Balaban J connectivity index is 1.96. The molecule has 18 heavy (non-hydrogen) atoms. The van der Waals surface area contributed by atoms with Crippen LogP contribution < -0.4 is 5.32 Å². The zero-order valence-electron chi connectivity index (χ0n) is 9.98. The summed E-state index contributed by atoms with van der Waals surface area (Å²) in [6.07, 6.45) is 3.50. The third-order valence-electron chi connectivity index (χ3n) is 2.91. The maximum Gasteiger partial charge on any atom is 0.271 e. The van der Waals surface area contributed by atoms with Crippen molar-refractivity contribution in [3.05, 3.63) is 23.2 Å². The van der Waals surface area contributed by atoms with Crippen molar-refractivity contribution in [2.75, 3.05) is 26.9 Å². The highest BCUT2D eigenvalue weighted by Gasteiger charge is 2.35. The molecule has 2 heterocycles. The minimum absolute atomic E-state index is 0.188. The Morgan fingerprint density at radius 3 is 3.11 bits per heavy atom. The van der Waals surface area contributed by atoms with Crippen LogP contribution in [0.25, 0.3) is 0 Å². The minimum Gasteiger partial charge on any atom is -0.378 e. The molecule has 1 N–H and O–H groups in total. The van der Waals surface area contributed by atoms with E-state index in [1.54, 1.807) is 7.11 Å². The lowest BCUT2D eigenvalue weighted by atomic mass is 10.0. The van der Waals surface area contributed by atoms with Gasteiger partial charge in [0.15, 0.2) is 0 Å². The first kappa shape index (κ1) is 13.2. The highest BCUT2D eigenvalue weighted by molar-refractivity contribution is 6.29. The van der Waals surface area contributed by atoms with E-state index in [4.69, 9.17) is 21.1 Å². The van der Waals surface area contributed by atoms with E-state index in [1.807, 2.05) is 0 Å². The van der Waals surface area contributed by atoms with E-state index in [-0.39, 0.29) is 16.8 Å². The third kappa shape index (κ3) is 2.95. The smallest absolute Gasteiger partial charge is 0.271 e. The Morgan fingerprint density at radius 2 is 2.50 bits per heavy atom. The van der Waals surface area contributed by atoms with Crippen molar-refractivity contribution in [2.45, 2.75) is 12.0 Å². The van der Waals surface area contributed by atoms with Gasteiger partial charge in [-0.25, -0.2) is 4.98 Å². The molecule has 2 rings (SSSR count). The number of amides is 1. The number of aromatic nitrogens is 2. The third-order valence-corrected chi connectivity index (χ3v) is 3.09. The molecule has 0 aliphatic carbocycles. The van der Waals surface area contributed by atoms with Crippen LogP contribution >= 0.6 is 11.6 Å². The zero-order chi connectivity index (χ0) is 13.0. The SMILES string of the molecule is COC1(CNC(=O)c2cncc(Cl)n2)CCOC1. The summed E-state index contributed by atoms with van der Waals surface area (Å²) >= 11 is 5.67. The zero-order valence-corrected chi connectivity index (χ0v) is 10.7. The predicted octanol–water partition coefficient (Wildman–Crippen LogP) is 0.665. The van der Waals surface area contributed by atoms with Gasteiger partial charge in [0.05, 0.1) is 19.0 Å². The lowest BCUT2D eigenvalue weighted by Crippen LogP contribution is -2.45. The van der Waals surface area contributed by atoms with E-state index >= 15 is 0 Å². The number of halogens is 1. The fourth-order valence-corrected chi connectivity index (χ4v) is 1.89. The van der Waals surface area contributed by atoms with Crippen LogP contribution in [0.5, 0.6) is 0 Å². The molecule has 98 valence electrons. The molecule has 1 fully saturated rings. The number of hydrogen-bond donors (Lipinski definition) is 1. The standard InChI is InChI=1S/C11H14ClN3O3/c1-17-11(2-3-18-7-11)6-14-10(16)8-4-13-5-9(12)15-8/h4-5H,2-3,6-7H2,1H3,(H,14,16). The highest BCUT2D eigenvalue weighted by atomic mass is 35.5. The van der Waals surface area contributed by atoms with Crippen LogP contribution in [0, 0.1) is 0 Å². The summed E-state index contributed by atoms with van der Waals surface area (Å²) < 4.78 is 10.7. The number of rotatable bonds is 4. The van der Waals surface area contributed by atoms with Gasteiger partial charge >= 0.3 is 0 Å². The largest absolute Gasteiger partial charge is 0.378 e. The average molecular weight is 272 g/mol. The molecular weight excluding hydrogens is 258 g/mol. The number of ether oxygens (including phenoxy) is 2. The second-order valence-corrected chi connectivity index (χ2v) is 4.49. The minimum atomic E-state index is -0.443. The van der Waals surface area contributed by atoms with E-state index in [0.717, 1.165) is 6.42 Å². The van der Waals surface area contributed by atoms with Gasteiger partial charge in [0, 0.05) is 26.7 Å². The molecule has 1 amide bonds. The summed E-state index contributed by atoms with van der Waals surface area (Å²) in [5.41, 5.74) is -0.255. The first-order valence-electron chi connectivity index (χ1n) is 5.54. The topological polar surface area (TPSA) is 73.3 Å². The van der Waals surface area contributed by atoms with E-state index < -0.39 is 5.60 Å². The Hall–Kier alpha value is -1.24. The molecule has 1 unspecified atom stereocenters. The highest BCUT2D eigenvalue weighted by Crippen LogP contribution is 2.21. The van der Waals surface area contributed by atoms with Gasteiger partial charge in [-0.3, -0.25) is 9.78 Å². The number of hydrogen-bond acceptors (Lipinski definition) is 5. The van der Waals surface area contributed by atoms with E-state index in [2.05, 4.69) is 15.3 Å². The summed E-state index contributed by atoms with van der Waals surface area (Å²) in [6, 6.07) is 0. The Kier molecular flexibility index (Phi) is 4.11. The Morgan fingerprint density at radius 1 is 1.67 bits per heavy atom. The number of carbonyl (C=O) groups excluding carboxylic acids is 1. The Bertz CT molecular complexity index is 435. The van der Waals surface area contributed by atoms with Crippen LogP contribution in [0.4, 0.5) is 0 Å². The summed E-state index contributed by atoms with van der Waals surface area (Å²) in [5, 5.41) is 2.94. The molecule has 0 aromatic carbocycles. The van der Waals surface area contributed by atoms with Crippen LogP contribution in [0.3, 0.4) is 0 Å². The lowest BCUT2D eigenvalue weighted by molar-refractivity contribution is -0.0149. The molecule has 0 spiro atoms. The molecule has 7 heteroatoms. The van der Waals surface area contributed by atoms with Crippen molar-refractivity contribution < 1.29 is 14.3 Å². The van der Waals surface area contributed by atoms with Gasteiger partial charge in [0.25, 0.3) is 5.91 Å². The second kappa shape index (κ2) is 5.60. The maximum absolute atomic E-state index is 11.8. The maximum atomic E-state index is 11.8. The predicted molar refractivity (Wildman–Crippen MR) is 64.6 cm³/mol. The fraction of sp³-hybridized carbons (Fsp3) is 0.545. The summed E-state index contributed by atoms with van der Waals surface area (Å²) in [4.78, 5) is 19.5. The van der Waals surface area contributed by atoms with Gasteiger partial charge in [0.1, 0.15) is 16.4 Å². The van der Waals surface area contributed by atoms with Crippen molar-refractivity contribution in [1.29, 1.82) is 0 Å². The van der Waals surface area contributed by atoms with E-state index in [0.29, 0.717) is 19.8 Å². The van der Waals surface area contributed by atoms with Gasteiger partial charge in [0.2, 0.25) is 0 Å². The average Bonchev–Trinajstić information content (AvgIpc) is 2.85. The van der Waals surface area contributed by atoms with Crippen LogP contribution in [0.1, 0.15) is 16.9 Å². The van der Waals surface area contributed by atoms with Crippen molar-refractivity contribution in [3.63, 3.8) is 0 Å². The molecule has 1 aromatic rings. The molecule has 1 aliphatic rings. The van der Waals surface area contributed by atoms with Gasteiger partial charge < -0.3 is 14.8 Å². The normalized spacial score (nSPS) is 23.0. The number of nitrogens with zero attached hydrogens (tertiary/aromatic N) is 2. The molecule has 1 aliphatic heterocycles. The lowest BCUT2D eigenvalue weighted by Gasteiger charge is -2.25. The van der Waals surface area contributed by atoms with E-state index in [1.165, 1.54) is 12.4 Å². The number of carbonyl (C=O) groups is 1. The van der Waals surface area contributed by atoms with E-state index in [9.17, 15) is 4.79 Å². The van der Waals surface area contributed by atoms with Gasteiger partial charge in [-0.2, -0.15) is 0 Å². The van der Waals surface area contributed by atoms with Gasteiger partial charge in [-0.1, -0.05) is 11.6 Å². The van der Waals surface area contributed by atoms with Crippen molar-refractivity contribution in [3.8, 4) is 0 Å². The first-order valence-corrected chi connectivity index (χ1v) is 5.92. The second-order valence-electron chi connectivity index (χ2n) is 4.10. The monoisotopic (exact) mass is 271 g/mol. The van der Waals surface area contributed by atoms with Crippen LogP contribution in [0.15, 0.2) is 12.4 Å². The van der Waals surface area contributed by atoms with Gasteiger partial charge in [-0.15, -0.1) is 0 Å². The molecule has 1 atom stereocenters. The molecular formula is C11H14ClN3O3. The first-order chi connectivity index (χ1) is 8.65. The molecule has 1 aromatic heterocycles. The molecule has 0 saturated carbocycles.